The van der Waals surface area contributed by atoms with Gasteiger partial charge in [-0.05, 0) is 12.1 Å². The molecule has 0 aromatic carbocycles. The van der Waals surface area contributed by atoms with Crippen LogP contribution in [0.3, 0.4) is 0 Å². The highest BCUT2D eigenvalue weighted by atomic mass is 16.3. The normalized spacial score (nSPS) is 13.0. The Morgan fingerprint density at radius 3 is 3.00 bits per heavy atom. The Bertz CT molecular complexity index is 394. The van der Waals surface area contributed by atoms with Gasteiger partial charge in [0.05, 0.1) is 6.26 Å². The van der Waals surface area contributed by atoms with Crippen LogP contribution in [0.5, 0.6) is 0 Å². The topological polar surface area (TPSA) is 81.9 Å². The first kappa shape index (κ1) is 8.92. The average Bonchev–Trinajstić information content (AvgIpc) is 2.80. The molecule has 0 aliphatic rings. The van der Waals surface area contributed by atoms with Gasteiger partial charge in [-0.15, -0.1) is 0 Å². The molecule has 2 rings (SSSR count). The second kappa shape index (κ2) is 3.60. The minimum atomic E-state index is -0.266. The van der Waals surface area contributed by atoms with Crippen molar-refractivity contribution < 1.29 is 4.42 Å². The summed E-state index contributed by atoms with van der Waals surface area (Å²) in [5, 5.41) is 3.96. The van der Waals surface area contributed by atoms with Crippen LogP contribution >= 0.6 is 0 Å². The van der Waals surface area contributed by atoms with E-state index in [2.05, 4.69) is 15.5 Å². The third-order valence-electron chi connectivity index (χ3n) is 2.00. The molecule has 0 saturated carbocycles. The minimum absolute atomic E-state index is 0.266. The van der Waals surface area contributed by atoms with Gasteiger partial charge in [-0.3, -0.25) is 10.5 Å². The van der Waals surface area contributed by atoms with E-state index in [1.807, 2.05) is 6.07 Å². The van der Waals surface area contributed by atoms with Gasteiger partial charge in [-0.2, -0.15) is 5.10 Å². The molecule has 1 atom stereocenters. The fraction of sp³-hybridized carbons (Fsp3) is 0.250. The van der Waals surface area contributed by atoms with Gasteiger partial charge >= 0.3 is 0 Å². The first-order valence-electron chi connectivity index (χ1n) is 4.16. The molecule has 0 saturated heterocycles. The summed E-state index contributed by atoms with van der Waals surface area (Å²) in [7, 11) is 1.80. The Labute approximate surface area is 80.7 Å². The average molecular weight is 193 g/mol. The van der Waals surface area contributed by atoms with Crippen LogP contribution < -0.4 is 11.3 Å². The van der Waals surface area contributed by atoms with Gasteiger partial charge in [0, 0.05) is 7.05 Å². The van der Waals surface area contributed by atoms with Gasteiger partial charge in [0.2, 0.25) is 0 Å². The predicted molar refractivity (Wildman–Crippen MR) is 48.9 cm³/mol. The number of hydrogen-bond donors (Lipinski definition) is 2. The highest BCUT2D eigenvalue weighted by Crippen LogP contribution is 2.18. The second-order valence-corrected chi connectivity index (χ2v) is 2.86. The monoisotopic (exact) mass is 193 g/mol. The fourth-order valence-electron chi connectivity index (χ4n) is 1.31. The fourth-order valence-corrected chi connectivity index (χ4v) is 1.31. The SMILES string of the molecule is Cn1ncnc1C(NN)c1ccco1. The highest BCUT2D eigenvalue weighted by molar-refractivity contribution is 5.13. The molecular formula is C8H11N5O. The van der Waals surface area contributed by atoms with Gasteiger partial charge in [-0.25, -0.2) is 10.4 Å². The maximum absolute atomic E-state index is 5.43. The molecule has 6 nitrogen and oxygen atoms in total. The molecule has 14 heavy (non-hydrogen) atoms. The Morgan fingerprint density at radius 1 is 1.64 bits per heavy atom. The smallest absolute Gasteiger partial charge is 0.152 e. The van der Waals surface area contributed by atoms with Crippen LogP contribution in [0.25, 0.3) is 0 Å². The predicted octanol–water partition coefficient (Wildman–Crippen LogP) is -0.0392. The Hall–Kier alpha value is -1.66. The first-order chi connectivity index (χ1) is 6.83. The lowest BCUT2D eigenvalue weighted by Crippen LogP contribution is -2.30. The van der Waals surface area contributed by atoms with E-state index in [4.69, 9.17) is 10.3 Å². The summed E-state index contributed by atoms with van der Waals surface area (Å²) in [6, 6.07) is 3.37. The summed E-state index contributed by atoms with van der Waals surface area (Å²) in [6.07, 6.45) is 3.07. The number of nitrogens with two attached hydrogens (primary N) is 1. The quantitative estimate of drug-likeness (QED) is 0.528. The summed E-state index contributed by atoms with van der Waals surface area (Å²) in [5.74, 6) is 6.86. The largest absolute Gasteiger partial charge is 0.467 e. The van der Waals surface area contributed by atoms with Gasteiger partial charge < -0.3 is 4.42 Å². The van der Waals surface area contributed by atoms with E-state index in [-0.39, 0.29) is 6.04 Å². The third kappa shape index (κ3) is 1.40. The van der Waals surface area contributed by atoms with Crippen molar-refractivity contribution in [3.05, 3.63) is 36.3 Å². The van der Waals surface area contributed by atoms with E-state index in [1.165, 1.54) is 6.33 Å². The van der Waals surface area contributed by atoms with Crippen LogP contribution in [0.1, 0.15) is 17.6 Å². The molecule has 0 fully saturated rings. The Kier molecular flexibility index (Phi) is 2.30. The lowest BCUT2D eigenvalue weighted by Gasteiger charge is -2.11. The summed E-state index contributed by atoms with van der Waals surface area (Å²) in [4.78, 5) is 4.09. The number of rotatable bonds is 3. The van der Waals surface area contributed by atoms with Crippen LogP contribution in [0.2, 0.25) is 0 Å². The van der Waals surface area contributed by atoms with Crippen molar-refractivity contribution in [2.24, 2.45) is 12.9 Å². The van der Waals surface area contributed by atoms with E-state index < -0.39 is 0 Å². The first-order valence-corrected chi connectivity index (χ1v) is 4.16. The van der Waals surface area contributed by atoms with Gasteiger partial charge in [0.15, 0.2) is 5.82 Å². The number of nitrogens with zero attached hydrogens (tertiary/aromatic N) is 3. The standard InChI is InChI=1S/C8H11N5O/c1-13-8(10-5-11-13)7(12-9)6-3-2-4-14-6/h2-5,7,12H,9H2,1H3. The molecule has 0 amide bonds. The van der Waals surface area contributed by atoms with Crippen LogP contribution in [0.15, 0.2) is 29.1 Å². The van der Waals surface area contributed by atoms with E-state index in [0.717, 1.165) is 0 Å². The second-order valence-electron chi connectivity index (χ2n) is 2.86. The van der Waals surface area contributed by atoms with E-state index in [1.54, 1.807) is 24.1 Å². The lowest BCUT2D eigenvalue weighted by atomic mass is 10.2. The maximum Gasteiger partial charge on any atom is 0.152 e. The van der Waals surface area contributed by atoms with E-state index >= 15 is 0 Å². The number of hydrogen-bond acceptors (Lipinski definition) is 5. The molecule has 2 aromatic heterocycles. The van der Waals surface area contributed by atoms with Crippen molar-refractivity contribution in [2.45, 2.75) is 6.04 Å². The summed E-state index contributed by atoms with van der Waals surface area (Å²) < 4.78 is 6.89. The molecule has 0 spiro atoms. The van der Waals surface area contributed by atoms with Crippen LogP contribution in [0, 0.1) is 0 Å². The lowest BCUT2D eigenvalue weighted by molar-refractivity contribution is 0.432. The molecule has 0 aliphatic carbocycles. The van der Waals surface area contributed by atoms with E-state index in [9.17, 15) is 0 Å². The van der Waals surface area contributed by atoms with Crippen LogP contribution in [-0.2, 0) is 7.05 Å². The molecule has 2 heterocycles. The molecule has 3 N–H and O–H groups in total. The number of hydrazine groups is 1. The van der Waals surface area contributed by atoms with Crippen LogP contribution in [0.4, 0.5) is 0 Å². The zero-order valence-electron chi connectivity index (χ0n) is 7.71. The van der Waals surface area contributed by atoms with Gasteiger partial charge in [0.1, 0.15) is 18.1 Å². The minimum Gasteiger partial charge on any atom is -0.467 e. The maximum atomic E-state index is 5.43. The zero-order valence-corrected chi connectivity index (χ0v) is 7.71. The van der Waals surface area contributed by atoms with Gasteiger partial charge in [-0.1, -0.05) is 0 Å². The van der Waals surface area contributed by atoms with Crippen molar-refractivity contribution in [1.82, 2.24) is 20.2 Å². The Morgan fingerprint density at radius 2 is 2.50 bits per heavy atom. The highest BCUT2D eigenvalue weighted by Gasteiger charge is 2.19. The van der Waals surface area contributed by atoms with Crippen molar-refractivity contribution in [1.29, 1.82) is 0 Å². The Balaban J connectivity index is 2.36. The molecule has 0 radical (unpaired) electrons. The molecule has 1 unspecified atom stereocenters. The van der Waals surface area contributed by atoms with Crippen molar-refractivity contribution >= 4 is 0 Å². The number of aromatic nitrogens is 3. The number of nitrogens with one attached hydrogen (secondary N) is 1. The zero-order chi connectivity index (χ0) is 9.97. The summed E-state index contributed by atoms with van der Waals surface area (Å²) >= 11 is 0. The number of furan rings is 1. The molecule has 0 bridgehead atoms. The molecule has 0 aliphatic heterocycles. The van der Waals surface area contributed by atoms with Crippen molar-refractivity contribution in [3.8, 4) is 0 Å². The van der Waals surface area contributed by atoms with Crippen molar-refractivity contribution in [2.75, 3.05) is 0 Å². The molecular weight excluding hydrogens is 182 g/mol. The third-order valence-corrected chi connectivity index (χ3v) is 2.00. The molecule has 74 valence electrons. The van der Waals surface area contributed by atoms with Crippen molar-refractivity contribution in [3.63, 3.8) is 0 Å². The van der Waals surface area contributed by atoms with E-state index in [0.29, 0.717) is 11.6 Å². The summed E-state index contributed by atoms with van der Waals surface area (Å²) in [6.45, 7) is 0. The van der Waals surface area contributed by atoms with Crippen LogP contribution in [-0.4, -0.2) is 14.8 Å². The van der Waals surface area contributed by atoms with Gasteiger partial charge in [0.25, 0.3) is 0 Å². The number of aryl methyl sites for hydroxylation is 1. The summed E-state index contributed by atoms with van der Waals surface area (Å²) in [5.41, 5.74) is 2.63. The molecule has 6 heteroatoms. The molecule has 2 aromatic rings.